The second kappa shape index (κ2) is 5.09. The number of halogens is 3. The van der Waals surface area contributed by atoms with Gasteiger partial charge in [0, 0.05) is 12.2 Å². The minimum Gasteiger partial charge on any atom is -0.384 e. The van der Waals surface area contributed by atoms with E-state index in [0.717, 1.165) is 6.07 Å². The monoisotopic (exact) mass is 242 g/mol. The Morgan fingerprint density at radius 1 is 1.35 bits per heavy atom. The van der Waals surface area contributed by atoms with Gasteiger partial charge in [0.1, 0.15) is 0 Å². The van der Waals surface area contributed by atoms with Crippen molar-refractivity contribution < 1.29 is 13.2 Å². The van der Waals surface area contributed by atoms with E-state index in [1.807, 2.05) is 13.8 Å². The molecule has 0 fully saturated rings. The van der Waals surface area contributed by atoms with E-state index < -0.39 is 11.7 Å². The van der Waals surface area contributed by atoms with Gasteiger partial charge in [-0.2, -0.15) is 18.4 Å². The first-order valence-corrected chi connectivity index (χ1v) is 5.20. The Kier molecular flexibility index (Phi) is 4.00. The molecular weight excluding hydrogens is 229 g/mol. The van der Waals surface area contributed by atoms with E-state index in [-0.39, 0.29) is 17.2 Å². The summed E-state index contributed by atoms with van der Waals surface area (Å²) < 4.78 is 38.2. The maximum Gasteiger partial charge on any atom is 0.418 e. The second-order valence-corrected chi connectivity index (χ2v) is 4.14. The van der Waals surface area contributed by atoms with Crippen LogP contribution in [0.2, 0.25) is 0 Å². The maximum atomic E-state index is 12.7. The minimum atomic E-state index is -4.45. The molecule has 0 aliphatic carbocycles. The van der Waals surface area contributed by atoms with E-state index in [1.54, 1.807) is 6.07 Å². The summed E-state index contributed by atoms with van der Waals surface area (Å²) in [4.78, 5) is 0. The smallest absolute Gasteiger partial charge is 0.384 e. The van der Waals surface area contributed by atoms with E-state index in [2.05, 4.69) is 5.32 Å². The third-order valence-corrected chi connectivity index (χ3v) is 2.15. The number of hydrogen-bond donors (Lipinski definition) is 1. The van der Waals surface area contributed by atoms with Crippen molar-refractivity contribution in [1.29, 1.82) is 5.26 Å². The lowest BCUT2D eigenvalue weighted by Gasteiger charge is -2.16. The summed E-state index contributed by atoms with van der Waals surface area (Å²) in [5.41, 5.74) is -0.769. The maximum absolute atomic E-state index is 12.7. The average molecular weight is 242 g/mol. The van der Waals surface area contributed by atoms with Gasteiger partial charge in [-0.15, -0.1) is 0 Å². The van der Waals surface area contributed by atoms with E-state index >= 15 is 0 Å². The normalized spacial score (nSPS) is 11.4. The van der Waals surface area contributed by atoms with Crippen molar-refractivity contribution in [2.45, 2.75) is 20.0 Å². The summed E-state index contributed by atoms with van der Waals surface area (Å²) in [6.45, 7) is 4.27. The number of anilines is 1. The van der Waals surface area contributed by atoms with Crippen LogP contribution in [0.25, 0.3) is 0 Å². The van der Waals surface area contributed by atoms with Crippen LogP contribution >= 0.6 is 0 Å². The molecule has 1 rings (SSSR count). The zero-order valence-corrected chi connectivity index (χ0v) is 9.60. The fourth-order valence-corrected chi connectivity index (χ4v) is 1.32. The highest BCUT2D eigenvalue weighted by Crippen LogP contribution is 2.35. The van der Waals surface area contributed by atoms with Crippen LogP contribution in [0, 0.1) is 17.2 Å². The largest absolute Gasteiger partial charge is 0.418 e. The quantitative estimate of drug-likeness (QED) is 0.878. The molecule has 0 aliphatic rings. The molecule has 92 valence electrons. The first-order chi connectivity index (χ1) is 7.84. The van der Waals surface area contributed by atoms with E-state index in [1.165, 1.54) is 12.1 Å². The topological polar surface area (TPSA) is 35.8 Å². The molecule has 0 heterocycles. The second-order valence-electron chi connectivity index (χ2n) is 4.14. The Bertz CT molecular complexity index is 430. The highest BCUT2D eigenvalue weighted by Gasteiger charge is 2.33. The van der Waals surface area contributed by atoms with Crippen molar-refractivity contribution in [1.82, 2.24) is 0 Å². The summed E-state index contributed by atoms with van der Waals surface area (Å²) in [5, 5.41) is 11.3. The van der Waals surface area contributed by atoms with Crippen molar-refractivity contribution in [3.63, 3.8) is 0 Å². The van der Waals surface area contributed by atoms with Gasteiger partial charge in [0.05, 0.1) is 17.2 Å². The molecule has 0 saturated carbocycles. The van der Waals surface area contributed by atoms with Gasteiger partial charge in [0.15, 0.2) is 0 Å². The zero-order valence-electron chi connectivity index (χ0n) is 9.60. The molecule has 0 saturated heterocycles. The van der Waals surface area contributed by atoms with Crippen LogP contribution in [0.15, 0.2) is 18.2 Å². The summed E-state index contributed by atoms with van der Waals surface area (Å²) in [6, 6.07) is 5.24. The Hall–Kier alpha value is -1.70. The van der Waals surface area contributed by atoms with Gasteiger partial charge >= 0.3 is 6.18 Å². The molecule has 1 N–H and O–H groups in total. The van der Waals surface area contributed by atoms with Crippen LogP contribution in [0.3, 0.4) is 0 Å². The molecule has 1 aromatic carbocycles. The molecule has 1 aromatic rings. The summed E-state index contributed by atoms with van der Waals surface area (Å²) in [7, 11) is 0. The minimum absolute atomic E-state index is 0.00687. The Morgan fingerprint density at radius 2 is 2.00 bits per heavy atom. The summed E-state index contributed by atoms with van der Waals surface area (Å²) >= 11 is 0. The van der Waals surface area contributed by atoms with Gasteiger partial charge < -0.3 is 5.32 Å². The Labute approximate surface area is 98.1 Å². The number of hydrogen-bond acceptors (Lipinski definition) is 2. The van der Waals surface area contributed by atoms with Gasteiger partial charge in [-0.1, -0.05) is 13.8 Å². The van der Waals surface area contributed by atoms with Crippen molar-refractivity contribution in [2.75, 3.05) is 11.9 Å². The highest BCUT2D eigenvalue weighted by atomic mass is 19.4. The number of rotatable bonds is 3. The number of nitrogens with zero attached hydrogens (tertiary/aromatic N) is 1. The molecule has 0 atom stereocenters. The fraction of sp³-hybridized carbons (Fsp3) is 0.417. The molecule has 0 spiro atoms. The first kappa shape index (κ1) is 13.4. The zero-order chi connectivity index (χ0) is 13.1. The predicted octanol–water partition coefficient (Wildman–Crippen LogP) is 3.64. The van der Waals surface area contributed by atoms with Crippen molar-refractivity contribution in [3.05, 3.63) is 29.3 Å². The van der Waals surface area contributed by atoms with Crippen LogP contribution in [0.4, 0.5) is 18.9 Å². The van der Waals surface area contributed by atoms with Gasteiger partial charge in [-0.05, 0) is 24.1 Å². The van der Waals surface area contributed by atoms with Crippen LogP contribution in [0.5, 0.6) is 0 Å². The van der Waals surface area contributed by atoms with Crippen molar-refractivity contribution in [3.8, 4) is 6.07 Å². The summed E-state index contributed by atoms with van der Waals surface area (Å²) in [6.07, 6.45) is -4.45. The highest BCUT2D eigenvalue weighted by molar-refractivity contribution is 5.56. The molecular formula is C12H13F3N2. The lowest BCUT2D eigenvalue weighted by atomic mass is 10.1. The number of nitrogens with one attached hydrogen (secondary N) is 1. The van der Waals surface area contributed by atoms with E-state index in [4.69, 9.17) is 5.26 Å². The van der Waals surface area contributed by atoms with E-state index in [9.17, 15) is 13.2 Å². The number of nitriles is 1. The Balaban J connectivity index is 3.08. The fourth-order valence-electron chi connectivity index (χ4n) is 1.32. The lowest BCUT2D eigenvalue weighted by molar-refractivity contribution is -0.137. The molecule has 5 heteroatoms. The molecule has 2 nitrogen and oxygen atoms in total. The molecule has 17 heavy (non-hydrogen) atoms. The predicted molar refractivity (Wildman–Crippen MR) is 59.5 cm³/mol. The standard InChI is InChI=1S/C12H13F3N2/c1-8(2)7-17-11-4-3-9(6-16)5-10(11)12(13,14)15/h3-5,8,17H,7H2,1-2H3. The SMILES string of the molecule is CC(C)CNc1ccc(C#N)cc1C(F)(F)F. The molecule has 0 bridgehead atoms. The molecule has 0 aliphatic heterocycles. The molecule has 0 amide bonds. The molecule has 0 radical (unpaired) electrons. The van der Waals surface area contributed by atoms with Crippen molar-refractivity contribution >= 4 is 5.69 Å². The Morgan fingerprint density at radius 3 is 2.47 bits per heavy atom. The van der Waals surface area contributed by atoms with Crippen LogP contribution in [-0.4, -0.2) is 6.54 Å². The lowest BCUT2D eigenvalue weighted by Crippen LogP contribution is -2.14. The molecule has 0 unspecified atom stereocenters. The van der Waals surface area contributed by atoms with Crippen LogP contribution in [-0.2, 0) is 6.18 Å². The van der Waals surface area contributed by atoms with Crippen LogP contribution in [0.1, 0.15) is 25.0 Å². The van der Waals surface area contributed by atoms with Gasteiger partial charge in [-0.25, -0.2) is 0 Å². The first-order valence-electron chi connectivity index (χ1n) is 5.20. The van der Waals surface area contributed by atoms with Gasteiger partial charge in [-0.3, -0.25) is 0 Å². The number of benzene rings is 1. The third kappa shape index (κ3) is 3.66. The number of alkyl halides is 3. The van der Waals surface area contributed by atoms with E-state index in [0.29, 0.717) is 6.54 Å². The van der Waals surface area contributed by atoms with Crippen LogP contribution < -0.4 is 5.32 Å². The van der Waals surface area contributed by atoms with Gasteiger partial charge in [0.2, 0.25) is 0 Å². The van der Waals surface area contributed by atoms with Crippen molar-refractivity contribution in [2.24, 2.45) is 5.92 Å². The third-order valence-electron chi connectivity index (χ3n) is 2.15. The summed E-state index contributed by atoms with van der Waals surface area (Å²) in [5.74, 6) is 0.242. The molecule has 0 aromatic heterocycles. The average Bonchev–Trinajstić information content (AvgIpc) is 2.24. The van der Waals surface area contributed by atoms with Gasteiger partial charge in [0.25, 0.3) is 0 Å².